The van der Waals surface area contributed by atoms with Crippen LogP contribution >= 0.6 is 0 Å². The van der Waals surface area contributed by atoms with Crippen LogP contribution in [0.25, 0.3) is 10.9 Å². The summed E-state index contributed by atoms with van der Waals surface area (Å²) in [6.45, 7) is 1.23. The summed E-state index contributed by atoms with van der Waals surface area (Å²) in [5.41, 5.74) is 2.74. The number of rotatable bonds is 12. The van der Waals surface area contributed by atoms with Gasteiger partial charge in [0.05, 0.1) is 11.2 Å². The number of carbonyl (C=O) groups is 1. The van der Waals surface area contributed by atoms with Crippen LogP contribution in [0.4, 0.5) is 0 Å². The zero-order chi connectivity index (χ0) is 26.7. The number of hydrogen-bond donors (Lipinski definition) is 0. The number of esters is 1. The van der Waals surface area contributed by atoms with E-state index in [0.29, 0.717) is 12.4 Å². The van der Waals surface area contributed by atoms with Crippen LogP contribution in [-0.2, 0) is 25.8 Å². The summed E-state index contributed by atoms with van der Waals surface area (Å²) in [6, 6.07) is 19.7. The Morgan fingerprint density at radius 1 is 1.05 bits per heavy atom. The molecule has 3 aromatic rings. The molecule has 1 fully saturated rings. The Hall–Kier alpha value is -4.21. The molecule has 10 nitrogen and oxygen atoms in total. The van der Waals surface area contributed by atoms with Crippen LogP contribution in [0, 0.1) is 16.0 Å². The molecule has 1 atom stereocenters. The average Bonchev–Trinajstić information content (AvgIpc) is 2.95. The highest BCUT2D eigenvalue weighted by Crippen LogP contribution is 2.37. The summed E-state index contributed by atoms with van der Waals surface area (Å²) in [5, 5.41) is 14.4. The number of aromatic nitrogens is 1. The van der Waals surface area contributed by atoms with Crippen LogP contribution in [0.15, 0.2) is 65.8 Å². The predicted octanol–water partition coefficient (Wildman–Crippen LogP) is 5.58. The Balaban J connectivity index is 1.38. The maximum Gasteiger partial charge on any atom is 0.355 e. The van der Waals surface area contributed by atoms with Crippen LogP contribution in [0.1, 0.15) is 56.4 Å². The van der Waals surface area contributed by atoms with Gasteiger partial charge in [-0.3, -0.25) is 0 Å². The largest absolute Gasteiger partial charge is 0.487 e. The quantitative estimate of drug-likeness (QED) is 0.0995. The van der Waals surface area contributed by atoms with E-state index in [4.69, 9.17) is 14.3 Å². The lowest BCUT2D eigenvalue weighted by molar-refractivity contribution is -0.757. The highest BCUT2D eigenvalue weighted by molar-refractivity contribution is 6.35. The Labute approximate surface area is 220 Å². The fraction of sp³-hybridized carbons (Fsp3) is 0.393. The monoisotopic (exact) mass is 521 g/mol. The smallest absolute Gasteiger partial charge is 0.355 e. The third-order valence-electron chi connectivity index (χ3n) is 6.44. The molecule has 0 radical (unpaired) electrons. The van der Waals surface area contributed by atoms with Crippen molar-refractivity contribution in [1.29, 1.82) is 0 Å². The van der Waals surface area contributed by atoms with E-state index in [1.807, 2.05) is 60.7 Å². The molecule has 1 aliphatic carbocycles. The van der Waals surface area contributed by atoms with E-state index in [9.17, 15) is 14.9 Å². The van der Waals surface area contributed by atoms with Crippen LogP contribution in [-0.4, -0.2) is 35.0 Å². The van der Waals surface area contributed by atoms with Crippen LogP contribution < -0.4 is 4.74 Å². The van der Waals surface area contributed by atoms with Gasteiger partial charge in [0.25, 0.3) is 5.09 Å². The maximum absolute atomic E-state index is 12.1. The first-order chi connectivity index (χ1) is 18.5. The van der Waals surface area contributed by atoms with E-state index in [1.165, 1.54) is 13.3 Å². The number of oxime groups is 1. The highest BCUT2D eigenvalue weighted by atomic mass is 17.0. The molecule has 1 saturated carbocycles. The minimum atomic E-state index is -0.941. The van der Waals surface area contributed by atoms with E-state index in [2.05, 4.69) is 15.0 Å². The number of para-hydroxylation sites is 1. The minimum absolute atomic E-state index is 0.0229. The summed E-state index contributed by atoms with van der Waals surface area (Å²) in [5.74, 6) is 0.259. The van der Waals surface area contributed by atoms with Gasteiger partial charge in [0.1, 0.15) is 25.6 Å². The molecule has 0 aliphatic heterocycles. The molecule has 2 aromatic carbocycles. The highest BCUT2D eigenvalue weighted by Gasteiger charge is 2.27. The summed E-state index contributed by atoms with van der Waals surface area (Å²) >= 11 is 0. The maximum atomic E-state index is 12.1. The van der Waals surface area contributed by atoms with Crippen molar-refractivity contribution in [2.24, 2.45) is 11.1 Å². The summed E-state index contributed by atoms with van der Waals surface area (Å²) in [6.07, 6.45) is 5.12. The van der Waals surface area contributed by atoms with Gasteiger partial charge in [-0.05, 0) is 49.6 Å². The Morgan fingerprint density at radius 3 is 2.58 bits per heavy atom. The first-order valence-electron chi connectivity index (χ1n) is 12.7. The van der Waals surface area contributed by atoms with Gasteiger partial charge in [-0.1, -0.05) is 60.8 Å². The van der Waals surface area contributed by atoms with Gasteiger partial charge in [-0.2, -0.15) is 0 Å². The average molecular weight is 522 g/mol. The third kappa shape index (κ3) is 7.64. The molecular formula is C28H31N3O7. The van der Waals surface area contributed by atoms with Crippen molar-refractivity contribution < 1.29 is 29.0 Å². The van der Waals surface area contributed by atoms with Crippen molar-refractivity contribution in [3.8, 4) is 5.75 Å². The minimum Gasteiger partial charge on any atom is -0.487 e. The number of nitrogens with zero attached hydrogens (tertiary/aromatic N) is 3. The first-order valence-corrected chi connectivity index (χ1v) is 12.7. The Bertz CT molecular complexity index is 1260. The zero-order valence-corrected chi connectivity index (χ0v) is 21.3. The van der Waals surface area contributed by atoms with Crippen LogP contribution in [0.3, 0.4) is 0 Å². The number of carbonyl (C=O) groups excluding carboxylic acids is 1. The van der Waals surface area contributed by atoms with Crippen molar-refractivity contribution in [1.82, 2.24) is 4.98 Å². The standard InChI is InChI=1S/C28H31N3O7/c1-20(28(32)35-17-18-37-31(33)34)30-38-27(22-8-3-2-4-9-22)23-12-15-25(16-13-23)36-19-24-14-11-21-7-5-6-10-26(21)29-24/h5-7,10-16,22,27H,2-4,8-9,17-19H2,1H3/b30-20-. The molecule has 1 aliphatic rings. The number of ether oxygens (including phenoxy) is 2. The molecule has 0 bridgehead atoms. The van der Waals surface area contributed by atoms with Gasteiger partial charge in [0.2, 0.25) is 0 Å². The lowest BCUT2D eigenvalue weighted by Gasteiger charge is -2.29. The molecule has 38 heavy (non-hydrogen) atoms. The van der Waals surface area contributed by atoms with Gasteiger partial charge >= 0.3 is 5.97 Å². The zero-order valence-electron chi connectivity index (χ0n) is 21.3. The molecule has 200 valence electrons. The normalized spacial score (nSPS) is 15.0. The Kier molecular flexibility index (Phi) is 9.44. The number of pyridine rings is 1. The molecule has 1 heterocycles. The van der Waals surface area contributed by atoms with Gasteiger partial charge in [-0.15, -0.1) is 10.1 Å². The van der Waals surface area contributed by atoms with Crippen molar-refractivity contribution in [2.45, 2.75) is 51.7 Å². The predicted molar refractivity (Wildman–Crippen MR) is 140 cm³/mol. The molecule has 10 heteroatoms. The van der Waals surface area contributed by atoms with E-state index in [0.717, 1.165) is 47.8 Å². The van der Waals surface area contributed by atoms with Gasteiger partial charge in [0.15, 0.2) is 11.8 Å². The SMILES string of the molecule is C/C(=N/OC(c1ccc(OCc2ccc3ccccc3n2)cc1)C1CCCCC1)C(=O)OCCO[N+](=O)[O-]. The molecule has 0 spiro atoms. The second-order valence-electron chi connectivity index (χ2n) is 9.15. The molecule has 1 aromatic heterocycles. The van der Waals surface area contributed by atoms with Gasteiger partial charge < -0.3 is 19.1 Å². The van der Waals surface area contributed by atoms with Gasteiger partial charge in [0, 0.05) is 11.3 Å². The molecule has 1 unspecified atom stereocenters. The fourth-order valence-electron chi connectivity index (χ4n) is 4.48. The summed E-state index contributed by atoms with van der Waals surface area (Å²) in [7, 11) is 0. The number of benzene rings is 2. The first kappa shape index (κ1) is 26.8. The van der Waals surface area contributed by atoms with Crippen molar-refractivity contribution in [3.05, 3.63) is 82.0 Å². The summed E-state index contributed by atoms with van der Waals surface area (Å²) in [4.78, 5) is 37.0. The second kappa shape index (κ2) is 13.4. The summed E-state index contributed by atoms with van der Waals surface area (Å²) < 4.78 is 10.9. The van der Waals surface area contributed by atoms with E-state index < -0.39 is 11.1 Å². The second-order valence-corrected chi connectivity index (χ2v) is 9.15. The topological polar surface area (TPSA) is 122 Å². The number of fused-ring (bicyclic) bond motifs is 1. The van der Waals surface area contributed by atoms with Crippen LogP contribution in [0.5, 0.6) is 5.75 Å². The lowest BCUT2D eigenvalue weighted by atomic mass is 9.83. The molecular weight excluding hydrogens is 490 g/mol. The lowest BCUT2D eigenvalue weighted by Crippen LogP contribution is -2.21. The molecule has 0 saturated heterocycles. The molecule has 0 N–H and O–H groups in total. The van der Waals surface area contributed by atoms with Crippen LogP contribution in [0.2, 0.25) is 0 Å². The third-order valence-corrected chi connectivity index (χ3v) is 6.44. The van der Waals surface area contributed by atoms with Crippen molar-refractivity contribution in [3.63, 3.8) is 0 Å². The van der Waals surface area contributed by atoms with Crippen molar-refractivity contribution >= 4 is 22.6 Å². The van der Waals surface area contributed by atoms with E-state index in [1.54, 1.807) is 0 Å². The van der Waals surface area contributed by atoms with E-state index >= 15 is 0 Å². The molecule has 4 rings (SSSR count). The van der Waals surface area contributed by atoms with Crippen molar-refractivity contribution in [2.75, 3.05) is 13.2 Å². The molecule has 0 amide bonds. The van der Waals surface area contributed by atoms with Gasteiger partial charge in [-0.25, -0.2) is 9.78 Å². The van der Waals surface area contributed by atoms with E-state index in [-0.39, 0.29) is 30.9 Å². The fourth-order valence-corrected chi connectivity index (χ4v) is 4.48. The Morgan fingerprint density at radius 2 is 1.82 bits per heavy atom. The number of hydrogen-bond acceptors (Lipinski definition) is 9.